The highest BCUT2D eigenvalue weighted by atomic mass is 32.1. The van der Waals surface area contributed by atoms with Crippen molar-refractivity contribution in [2.24, 2.45) is 5.92 Å². The highest BCUT2D eigenvalue weighted by Gasteiger charge is 2.23. The van der Waals surface area contributed by atoms with Gasteiger partial charge in [0.15, 0.2) is 11.2 Å². The average Bonchev–Trinajstić information content (AvgIpc) is 3.61. The number of aromatic nitrogens is 6. The van der Waals surface area contributed by atoms with Gasteiger partial charge in [0, 0.05) is 31.5 Å². The number of thiol groups is 1. The monoisotopic (exact) mass is 594 g/mol. The van der Waals surface area contributed by atoms with Crippen molar-refractivity contribution in [2.75, 3.05) is 12.9 Å². The first kappa shape index (κ1) is 32.9. The first-order valence-corrected chi connectivity index (χ1v) is 15.2. The van der Waals surface area contributed by atoms with Crippen LogP contribution in [0, 0.1) is 17.8 Å². The Bertz CT molecular complexity index is 1640. The third-order valence-electron chi connectivity index (χ3n) is 6.54. The van der Waals surface area contributed by atoms with Gasteiger partial charge in [-0.25, -0.2) is 9.78 Å². The Morgan fingerprint density at radius 3 is 2.50 bits per heavy atom. The van der Waals surface area contributed by atoms with Gasteiger partial charge in [-0.3, -0.25) is 23.2 Å². The molecule has 42 heavy (non-hydrogen) atoms. The summed E-state index contributed by atoms with van der Waals surface area (Å²) in [6.07, 6.45) is 7.49. The lowest BCUT2D eigenvalue weighted by Crippen LogP contribution is -2.40. The lowest BCUT2D eigenvalue weighted by molar-refractivity contribution is 0.0724. The number of ether oxygens (including phenoxy) is 1. The molecule has 0 fully saturated rings. The number of nitrogens with zero attached hydrogens (tertiary/aromatic N) is 6. The Hall–Kier alpha value is -3.59. The molecule has 1 N–H and O–H groups in total. The van der Waals surface area contributed by atoms with Gasteiger partial charge >= 0.3 is 5.69 Å². The molecule has 0 aliphatic rings. The summed E-state index contributed by atoms with van der Waals surface area (Å²) in [4.78, 5) is 31.7. The van der Waals surface area contributed by atoms with Gasteiger partial charge in [-0.05, 0) is 49.1 Å². The van der Waals surface area contributed by atoms with Gasteiger partial charge in [0.1, 0.15) is 19.1 Å². The second-order valence-electron chi connectivity index (χ2n) is 10.2. The second-order valence-corrected chi connectivity index (χ2v) is 10.2. The standard InChI is InChI=1S/C30H38N6O4.CH4S/c1-5-13-34-28-26(29(38)35(14-6-2)30(34)39)36(21-40-16-12-22(3)4)27(32-28)25-18-31-33(19-25)15-8-11-23-9-7-10-24(17-23)20-37;1-2/h7,9-10,17-19,22,37H,5-6,12-16,20-21H2,1-4H3;2H,1H3. The fraction of sp³-hybridized carbons (Fsp3) is 0.484. The van der Waals surface area contributed by atoms with E-state index in [9.17, 15) is 14.7 Å². The number of aliphatic hydroxyl groups excluding tert-OH is 1. The first-order valence-electron chi connectivity index (χ1n) is 14.4. The minimum atomic E-state index is -0.358. The molecule has 0 atom stereocenters. The molecule has 0 aliphatic heterocycles. The van der Waals surface area contributed by atoms with Gasteiger partial charge in [0.2, 0.25) is 0 Å². The van der Waals surface area contributed by atoms with E-state index in [1.165, 1.54) is 4.57 Å². The van der Waals surface area contributed by atoms with Gasteiger partial charge in [-0.15, -0.1) is 0 Å². The fourth-order valence-corrected chi connectivity index (χ4v) is 4.49. The summed E-state index contributed by atoms with van der Waals surface area (Å²) in [6.45, 7) is 9.99. The zero-order chi connectivity index (χ0) is 30.6. The smallest absolute Gasteiger partial charge is 0.332 e. The summed E-state index contributed by atoms with van der Waals surface area (Å²) in [6, 6.07) is 7.45. The van der Waals surface area contributed by atoms with E-state index in [2.05, 4.69) is 43.4 Å². The number of aliphatic hydroxyl groups is 1. The van der Waals surface area contributed by atoms with Crippen LogP contribution in [0.3, 0.4) is 0 Å². The van der Waals surface area contributed by atoms with E-state index < -0.39 is 0 Å². The van der Waals surface area contributed by atoms with Crippen LogP contribution in [0.15, 0.2) is 46.2 Å². The molecule has 0 radical (unpaired) electrons. The van der Waals surface area contributed by atoms with E-state index in [1.807, 2.05) is 44.3 Å². The van der Waals surface area contributed by atoms with Crippen LogP contribution in [0.1, 0.15) is 58.1 Å². The highest BCUT2D eigenvalue weighted by Crippen LogP contribution is 2.23. The molecular weight excluding hydrogens is 552 g/mol. The van der Waals surface area contributed by atoms with Gasteiger partial charge in [0.25, 0.3) is 5.56 Å². The van der Waals surface area contributed by atoms with Gasteiger partial charge in [-0.2, -0.15) is 17.7 Å². The van der Waals surface area contributed by atoms with Crippen LogP contribution >= 0.6 is 12.6 Å². The van der Waals surface area contributed by atoms with Crippen molar-refractivity contribution in [1.82, 2.24) is 28.5 Å². The van der Waals surface area contributed by atoms with Crippen LogP contribution in [-0.2, 0) is 37.7 Å². The van der Waals surface area contributed by atoms with Crippen molar-refractivity contribution < 1.29 is 9.84 Å². The van der Waals surface area contributed by atoms with E-state index >= 15 is 0 Å². The molecule has 0 spiro atoms. The van der Waals surface area contributed by atoms with Crippen molar-refractivity contribution in [3.05, 3.63) is 68.6 Å². The highest BCUT2D eigenvalue weighted by molar-refractivity contribution is 7.79. The van der Waals surface area contributed by atoms with Crippen molar-refractivity contribution in [1.29, 1.82) is 0 Å². The molecule has 10 nitrogen and oxygen atoms in total. The van der Waals surface area contributed by atoms with E-state index in [1.54, 1.807) is 26.3 Å². The Labute approximate surface area is 252 Å². The fourth-order valence-electron chi connectivity index (χ4n) is 4.49. The van der Waals surface area contributed by atoms with Crippen LogP contribution < -0.4 is 11.2 Å². The second kappa shape index (κ2) is 16.2. The maximum atomic E-state index is 13.6. The molecule has 11 heteroatoms. The molecule has 0 amide bonds. The van der Waals surface area contributed by atoms with Crippen LogP contribution in [0.4, 0.5) is 0 Å². The Kier molecular flexibility index (Phi) is 12.7. The largest absolute Gasteiger partial charge is 0.392 e. The van der Waals surface area contributed by atoms with Crippen LogP contribution in [-0.4, -0.2) is 46.4 Å². The molecular formula is C31H42N6O4S. The van der Waals surface area contributed by atoms with E-state index in [0.29, 0.717) is 61.1 Å². The van der Waals surface area contributed by atoms with E-state index in [-0.39, 0.29) is 24.6 Å². The predicted molar refractivity (Wildman–Crippen MR) is 170 cm³/mol. The topological polar surface area (TPSA) is 109 Å². The number of hydrogen-bond donors (Lipinski definition) is 2. The number of hydrogen-bond acceptors (Lipinski definition) is 7. The van der Waals surface area contributed by atoms with Gasteiger partial charge in [0.05, 0.1) is 18.4 Å². The molecule has 3 heterocycles. The summed E-state index contributed by atoms with van der Waals surface area (Å²) in [5.74, 6) is 7.22. The molecule has 4 rings (SSSR count). The molecule has 4 aromatic rings. The van der Waals surface area contributed by atoms with Crippen LogP contribution in [0.25, 0.3) is 22.6 Å². The zero-order valence-electron chi connectivity index (χ0n) is 25.2. The molecule has 0 unspecified atom stereocenters. The maximum Gasteiger partial charge on any atom is 0.332 e. The molecule has 0 saturated carbocycles. The Morgan fingerprint density at radius 2 is 1.81 bits per heavy atom. The summed E-state index contributed by atoms with van der Waals surface area (Å²) in [7, 11) is 0. The Balaban J connectivity index is 0.00000237. The molecule has 226 valence electrons. The number of fused-ring (bicyclic) bond motifs is 1. The van der Waals surface area contributed by atoms with Gasteiger partial charge in [-0.1, -0.05) is 51.7 Å². The van der Waals surface area contributed by atoms with Crippen LogP contribution in [0.2, 0.25) is 0 Å². The SMILES string of the molecule is CCCn1c(=O)c2c(nc(-c3cnn(CC#Cc4cccc(CO)c4)c3)n2COCCC(C)C)n(CCC)c1=O.CS. The quantitative estimate of drug-likeness (QED) is 0.145. The predicted octanol–water partition coefficient (Wildman–Crippen LogP) is 4.15. The third kappa shape index (κ3) is 7.82. The van der Waals surface area contributed by atoms with Crippen molar-refractivity contribution in [3.63, 3.8) is 0 Å². The number of benzene rings is 1. The molecule has 3 aromatic heterocycles. The lowest BCUT2D eigenvalue weighted by atomic mass is 10.1. The van der Waals surface area contributed by atoms with Crippen molar-refractivity contribution in [2.45, 2.75) is 79.9 Å². The Morgan fingerprint density at radius 1 is 1.07 bits per heavy atom. The molecule has 0 saturated heterocycles. The lowest BCUT2D eigenvalue weighted by Gasteiger charge is -2.12. The van der Waals surface area contributed by atoms with Crippen molar-refractivity contribution >= 4 is 23.8 Å². The first-order chi connectivity index (χ1) is 20.4. The maximum absolute atomic E-state index is 13.6. The minimum absolute atomic E-state index is 0.0319. The number of aryl methyl sites for hydroxylation is 1. The van der Waals surface area contributed by atoms with Gasteiger partial charge < -0.3 is 9.84 Å². The van der Waals surface area contributed by atoms with E-state index in [0.717, 1.165) is 24.0 Å². The van der Waals surface area contributed by atoms with Crippen LogP contribution in [0.5, 0.6) is 0 Å². The van der Waals surface area contributed by atoms with Crippen molar-refractivity contribution in [3.8, 4) is 23.2 Å². The summed E-state index contributed by atoms with van der Waals surface area (Å²) in [5, 5.41) is 13.8. The minimum Gasteiger partial charge on any atom is -0.392 e. The summed E-state index contributed by atoms with van der Waals surface area (Å²) >= 11 is 3.53. The summed E-state index contributed by atoms with van der Waals surface area (Å²) in [5.41, 5.74) is 2.35. The zero-order valence-corrected chi connectivity index (χ0v) is 26.1. The normalized spacial score (nSPS) is 11.0. The molecule has 0 bridgehead atoms. The number of imidazole rings is 1. The number of rotatable bonds is 12. The summed E-state index contributed by atoms with van der Waals surface area (Å²) < 4.78 is 12.4. The molecule has 0 aliphatic carbocycles. The molecule has 1 aromatic carbocycles. The van der Waals surface area contributed by atoms with E-state index in [4.69, 9.17) is 9.72 Å². The average molecular weight is 595 g/mol. The third-order valence-corrected chi connectivity index (χ3v) is 6.54.